The van der Waals surface area contributed by atoms with Gasteiger partial charge in [0, 0.05) is 12.2 Å². The third kappa shape index (κ3) is 2.29. The summed E-state index contributed by atoms with van der Waals surface area (Å²) in [5, 5.41) is 3.54. The predicted octanol–water partition coefficient (Wildman–Crippen LogP) is 3.87. The molecule has 0 unspecified atom stereocenters. The van der Waals surface area contributed by atoms with Gasteiger partial charge in [0.15, 0.2) is 0 Å². The maximum absolute atomic E-state index is 4.06. The van der Waals surface area contributed by atoms with Crippen LogP contribution >= 0.6 is 0 Å². The van der Waals surface area contributed by atoms with Gasteiger partial charge in [0.05, 0.1) is 0 Å². The Balaban J connectivity index is 2.39. The number of hydrogen-bond donors (Lipinski definition) is 1. The molecule has 2 rings (SSSR count). The molecular weight excluding hydrogens is 194 g/mol. The van der Waals surface area contributed by atoms with Crippen molar-refractivity contribution in [2.45, 2.75) is 39.5 Å². The molecule has 0 aromatic carbocycles. The molecule has 1 heteroatoms. The summed E-state index contributed by atoms with van der Waals surface area (Å²) in [4.78, 5) is 0. The molecule has 1 aliphatic heterocycles. The van der Waals surface area contributed by atoms with Gasteiger partial charge in [0.2, 0.25) is 0 Å². The molecule has 1 heterocycles. The Hall–Kier alpha value is -1.24. The molecule has 0 amide bonds. The Labute approximate surface area is 98.6 Å². The first-order valence-electron chi connectivity index (χ1n) is 6.15. The normalized spacial score (nSPS) is 20.4. The van der Waals surface area contributed by atoms with E-state index in [-0.39, 0.29) is 0 Å². The molecule has 16 heavy (non-hydrogen) atoms. The van der Waals surface area contributed by atoms with Crippen LogP contribution in [0.3, 0.4) is 0 Å². The largest absolute Gasteiger partial charge is 0.385 e. The van der Waals surface area contributed by atoms with Gasteiger partial charge in [-0.3, -0.25) is 0 Å². The fourth-order valence-corrected chi connectivity index (χ4v) is 2.50. The van der Waals surface area contributed by atoms with Crippen LogP contribution in [-0.2, 0) is 0 Å². The molecule has 0 spiro atoms. The molecule has 1 nitrogen and oxygen atoms in total. The first kappa shape index (κ1) is 11.3. The van der Waals surface area contributed by atoms with Gasteiger partial charge in [0.1, 0.15) is 0 Å². The second-order valence-corrected chi connectivity index (χ2v) is 4.90. The summed E-state index contributed by atoms with van der Waals surface area (Å²) in [6.07, 6.45) is 9.07. The van der Waals surface area contributed by atoms with Crippen molar-refractivity contribution in [3.05, 3.63) is 46.7 Å². The lowest BCUT2D eigenvalue weighted by Crippen LogP contribution is -2.15. The van der Waals surface area contributed by atoms with Crippen LogP contribution in [0.5, 0.6) is 0 Å². The van der Waals surface area contributed by atoms with Gasteiger partial charge in [0.25, 0.3) is 0 Å². The monoisotopic (exact) mass is 215 g/mol. The Kier molecular flexibility index (Phi) is 3.33. The van der Waals surface area contributed by atoms with Gasteiger partial charge in [-0.15, -0.1) is 0 Å². The standard InChI is InChI=1S/C15H21N/c1-11(2)10-14-12(3)8-9-16-15-7-5-4-6-13(14)15/h5,7,16H,1,4,6,8-10H2,2-3H3. The summed E-state index contributed by atoms with van der Waals surface area (Å²) in [5.74, 6) is 0. The molecular formula is C15H21N. The minimum Gasteiger partial charge on any atom is -0.385 e. The zero-order valence-electron chi connectivity index (χ0n) is 10.4. The lowest BCUT2D eigenvalue weighted by molar-refractivity contribution is 0.793. The van der Waals surface area contributed by atoms with Crippen LogP contribution in [0.2, 0.25) is 0 Å². The predicted molar refractivity (Wildman–Crippen MR) is 70.2 cm³/mol. The lowest BCUT2D eigenvalue weighted by Gasteiger charge is -2.19. The van der Waals surface area contributed by atoms with Crippen LogP contribution in [0.15, 0.2) is 46.7 Å². The van der Waals surface area contributed by atoms with E-state index in [2.05, 4.69) is 37.9 Å². The average Bonchev–Trinajstić information content (AvgIpc) is 2.40. The van der Waals surface area contributed by atoms with Gasteiger partial charge in [-0.1, -0.05) is 23.8 Å². The highest BCUT2D eigenvalue weighted by Gasteiger charge is 2.17. The van der Waals surface area contributed by atoms with Crippen LogP contribution in [0.1, 0.15) is 39.5 Å². The summed E-state index contributed by atoms with van der Waals surface area (Å²) in [6, 6.07) is 0. The first-order chi connectivity index (χ1) is 7.68. The molecule has 2 aliphatic rings. The van der Waals surface area contributed by atoms with E-state index in [0.717, 1.165) is 19.4 Å². The van der Waals surface area contributed by atoms with Crippen molar-refractivity contribution in [1.29, 1.82) is 0 Å². The molecule has 0 bridgehead atoms. The highest BCUT2D eigenvalue weighted by Crippen LogP contribution is 2.33. The fourth-order valence-electron chi connectivity index (χ4n) is 2.50. The zero-order chi connectivity index (χ0) is 11.5. The van der Waals surface area contributed by atoms with E-state index in [0.29, 0.717) is 0 Å². The van der Waals surface area contributed by atoms with E-state index < -0.39 is 0 Å². The average molecular weight is 215 g/mol. The van der Waals surface area contributed by atoms with E-state index >= 15 is 0 Å². The first-order valence-corrected chi connectivity index (χ1v) is 6.15. The van der Waals surface area contributed by atoms with Crippen molar-refractivity contribution in [2.24, 2.45) is 0 Å². The van der Waals surface area contributed by atoms with E-state index in [4.69, 9.17) is 0 Å². The van der Waals surface area contributed by atoms with E-state index in [1.54, 1.807) is 0 Å². The molecule has 0 aromatic heterocycles. The molecule has 0 aromatic rings. The Morgan fingerprint density at radius 3 is 3.00 bits per heavy atom. The molecule has 0 atom stereocenters. The maximum Gasteiger partial charge on any atom is 0.0372 e. The molecule has 1 N–H and O–H groups in total. The summed E-state index contributed by atoms with van der Waals surface area (Å²) in [6.45, 7) is 9.52. The van der Waals surface area contributed by atoms with Crippen LogP contribution in [0.25, 0.3) is 0 Å². The van der Waals surface area contributed by atoms with Crippen LogP contribution in [0.4, 0.5) is 0 Å². The van der Waals surface area contributed by atoms with E-state index in [1.807, 2.05) is 0 Å². The van der Waals surface area contributed by atoms with Crippen molar-refractivity contribution < 1.29 is 0 Å². The lowest BCUT2D eigenvalue weighted by atomic mass is 9.88. The SMILES string of the molecule is C=C(C)CC1=C(C)CCNC2=C1CCC=C2. The fraction of sp³-hybridized carbons (Fsp3) is 0.467. The summed E-state index contributed by atoms with van der Waals surface area (Å²) >= 11 is 0. The summed E-state index contributed by atoms with van der Waals surface area (Å²) in [7, 11) is 0. The van der Waals surface area contributed by atoms with Crippen LogP contribution in [0, 0.1) is 0 Å². The van der Waals surface area contributed by atoms with Gasteiger partial charge >= 0.3 is 0 Å². The van der Waals surface area contributed by atoms with Gasteiger partial charge < -0.3 is 5.32 Å². The Morgan fingerprint density at radius 1 is 1.44 bits per heavy atom. The number of rotatable bonds is 2. The van der Waals surface area contributed by atoms with Gasteiger partial charge in [-0.05, 0) is 56.8 Å². The minimum atomic E-state index is 1.04. The van der Waals surface area contributed by atoms with Crippen molar-refractivity contribution in [1.82, 2.24) is 5.32 Å². The van der Waals surface area contributed by atoms with Gasteiger partial charge in [-0.25, -0.2) is 0 Å². The third-order valence-electron chi connectivity index (χ3n) is 3.34. The number of allylic oxidation sites excluding steroid dienone is 5. The van der Waals surface area contributed by atoms with Crippen molar-refractivity contribution in [3.8, 4) is 0 Å². The molecule has 0 saturated carbocycles. The van der Waals surface area contributed by atoms with Crippen LogP contribution in [-0.4, -0.2) is 6.54 Å². The molecule has 0 fully saturated rings. The maximum atomic E-state index is 4.06. The quantitative estimate of drug-likeness (QED) is 0.690. The second kappa shape index (κ2) is 4.73. The van der Waals surface area contributed by atoms with Gasteiger partial charge in [-0.2, -0.15) is 0 Å². The smallest absolute Gasteiger partial charge is 0.0372 e. The Morgan fingerprint density at radius 2 is 2.25 bits per heavy atom. The third-order valence-corrected chi connectivity index (χ3v) is 3.34. The van der Waals surface area contributed by atoms with Crippen molar-refractivity contribution in [3.63, 3.8) is 0 Å². The number of hydrogen-bond acceptors (Lipinski definition) is 1. The molecule has 86 valence electrons. The number of nitrogens with one attached hydrogen (secondary N) is 1. The van der Waals surface area contributed by atoms with Crippen molar-refractivity contribution >= 4 is 0 Å². The van der Waals surface area contributed by atoms with E-state index in [1.165, 1.54) is 40.8 Å². The van der Waals surface area contributed by atoms with E-state index in [9.17, 15) is 0 Å². The summed E-state index contributed by atoms with van der Waals surface area (Å²) in [5.41, 5.74) is 7.21. The highest BCUT2D eigenvalue weighted by atomic mass is 14.9. The molecule has 1 aliphatic carbocycles. The minimum absolute atomic E-state index is 1.04. The zero-order valence-corrected chi connectivity index (χ0v) is 10.4. The van der Waals surface area contributed by atoms with Crippen molar-refractivity contribution in [2.75, 3.05) is 6.54 Å². The summed E-state index contributed by atoms with van der Waals surface area (Å²) < 4.78 is 0. The highest BCUT2D eigenvalue weighted by molar-refractivity contribution is 5.46. The molecule has 0 saturated heterocycles. The Bertz CT molecular complexity index is 394. The van der Waals surface area contributed by atoms with Crippen LogP contribution < -0.4 is 5.32 Å². The topological polar surface area (TPSA) is 12.0 Å². The second-order valence-electron chi connectivity index (χ2n) is 4.90. The molecule has 0 radical (unpaired) electrons.